The molecule has 0 radical (unpaired) electrons. The van der Waals surface area contributed by atoms with Crippen molar-refractivity contribution >= 4 is 0 Å². The highest BCUT2D eigenvalue weighted by molar-refractivity contribution is 5.29. The van der Waals surface area contributed by atoms with Crippen molar-refractivity contribution in [3.05, 3.63) is 59.9 Å². The monoisotopic (exact) mass is 267 g/mol. The molecule has 3 heteroatoms. The molecular weight excluding hydrogens is 246 g/mol. The van der Waals surface area contributed by atoms with Gasteiger partial charge in [-0.15, -0.1) is 0 Å². The molecule has 1 aliphatic rings. The van der Waals surface area contributed by atoms with Crippen LogP contribution in [-0.2, 0) is 0 Å². The molecule has 3 unspecified atom stereocenters. The van der Waals surface area contributed by atoms with Crippen molar-refractivity contribution in [2.45, 2.75) is 31.7 Å². The number of rotatable bonds is 6. The third-order valence-corrected chi connectivity index (χ3v) is 4.08. The molecule has 1 N–H and O–H groups in total. The lowest BCUT2D eigenvalue weighted by atomic mass is 10.0. The fourth-order valence-corrected chi connectivity index (χ4v) is 2.97. The molecule has 3 rings (SSSR count). The summed E-state index contributed by atoms with van der Waals surface area (Å²) in [6, 6.07) is 13.3. The summed E-state index contributed by atoms with van der Waals surface area (Å²) in [4.78, 5) is 0. The first-order valence-corrected chi connectivity index (χ1v) is 7.45. The molecule has 1 aromatic carbocycles. The molecule has 3 nitrogen and oxygen atoms in total. The number of hydrogen-bond donors (Lipinski definition) is 1. The summed E-state index contributed by atoms with van der Waals surface area (Å²) in [5.74, 6) is 1.35. The molecule has 0 bridgehead atoms. The number of aromatic nitrogens is 2. The highest BCUT2D eigenvalue weighted by atomic mass is 15.1. The Balaban J connectivity index is 1.75. The number of nitrogens with one attached hydrogen (secondary N) is 1. The third kappa shape index (κ3) is 2.88. The van der Waals surface area contributed by atoms with Crippen LogP contribution < -0.4 is 5.32 Å². The zero-order chi connectivity index (χ0) is 13.8. The number of hydrogen-bond acceptors (Lipinski definition) is 3. The highest BCUT2D eigenvalue weighted by Gasteiger charge is 2.44. The van der Waals surface area contributed by atoms with E-state index in [0.717, 1.165) is 13.0 Å². The van der Waals surface area contributed by atoms with Crippen LogP contribution in [0.1, 0.15) is 42.9 Å². The minimum absolute atomic E-state index is 0.399. The maximum Gasteiger partial charge on any atom is 0.0544 e. The Morgan fingerprint density at radius 3 is 2.75 bits per heavy atom. The van der Waals surface area contributed by atoms with Gasteiger partial charge in [0.1, 0.15) is 0 Å². The van der Waals surface area contributed by atoms with Gasteiger partial charge in [0.2, 0.25) is 0 Å². The van der Waals surface area contributed by atoms with Crippen LogP contribution in [0.4, 0.5) is 0 Å². The van der Waals surface area contributed by atoms with E-state index >= 15 is 0 Å². The van der Waals surface area contributed by atoms with E-state index in [1.54, 1.807) is 6.20 Å². The van der Waals surface area contributed by atoms with E-state index in [-0.39, 0.29) is 0 Å². The topological polar surface area (TPSA) is 37.8 Å². The van der Waals surface area contributed by atoms with Gasteiger partial charge in [0.15, 0.2) is 0 Å². The predicted molar refractivity (Wildman–Crippen MR) is 80.4 cm³/mol. The standard InChI is InChI=1S/C17H21N3/c1-2-9-18-17(14-8-10-19-20-12-14)16-11-15(16)13-6-4-3-5-7-13/h3-8,10,12,15-18H,2,9,11H2,1H3. The Morgan fingerprint density at radius 1 is 1.20 bits per heavy atom. The van der Waals surface area contributed by atoms with Gasteiger partial charge in [-0.25, -0.2) is 0 Å². The molecule has 0 saturated heterocycles. The van der Waals surface area contributed by atoms with Crippen LogP contribution in [0.5, 0.6) is 0 Å². The Morgan fingerprint density at radius 2 is 2.05 bits per heavy atom. The first-order chi connectivity index (χ1) is 9.90. The lowest BCUT2D eigenvalue weighted by molar-refractivity contribution is 0.471. The molecule has 1 fully saturated rings. The second-order valence-corrected chi connectivity index (χ2v) is 5.52. The van der Waals surface area contributed by atoms with Crippen molar-refractivity contribution in [1.82, 2.24) is 15.5 Å². The Labute approximate surface area is 120 Å². The highest BCUT2D eigenvalue weighted by Crippen LogP contribution is 2.53. The van der Waals surface area contributed by atoms with Gasteiger partial charge in [0.05, 0.1) is 6.20 Å². The van der Waals surface area contributed by atoms with Crippen LogP contribution in [0.25, 0.3) is 0 Å². The average molecular weight is 267 g/mol. The lowest BCUT2D eigenvalue weighted by Crippen LogP contribution is -2.24. The van der Waals surface area contributed by atoms with E-state index in [2.05, 4.69) is 58.8 Å². The van der Waals surface area contributed by atoms with Gasteiger partial charge in [-0.05, 0) is 48.4 Å². The summed E-state index contributed by atoms with van der Waals surface area (Å²) in [6.07, 6.45) is 6.09. The average Bonchev–Trinajstić information content (AvgIpc) is 3.30. The van der Waals surface area contributed by atoms with Gasteiger partial charge in [-0.1, -0.05) is 37.3 Å². The van der Waals surface area contributed by atoms with E-state index in [1.165, 1.54) is 17.5 Å². The smallest absolute Gasteiger partial charge is 0.0544 e. The van der Waals surface area contributed by atoms with Crippen LogP contribution in [-0.4, -0.2) is 16.7 Å². The molecule has 1 aromatic heterocycles. The summed E-state index contributed by atoms with van der Waals surface area (Å²) >= 11 is 0. The molecule has 0 aliphatic heterocycles. The molecule has 20 heavy (non-hydrogen) atoms. The molecular formula is C17H21N3. The van der Waals surface area contributed by atoms with Crippen LogP contribution >= 0.6 is 0 Å². The summed E-state index contributed by atoms with van der Waals surface area (Å²) < 4.78 is 0. The van der Waals surface area contributed by atoms with E-state index in [9.17, 15) is 0 Å². The zero-order valence-electron chi connectivity index (χ0n) is 11.9. The second-order valence-electron chi connectivity index (χ2n) is 5.52. The van der Waals surface area contributed by atoms with E-state index in [1.807, 2.05) is 6.20 Å². The number of benzene rings is 1. The molecule has 2 aromatic rings. The van der Waals surface area contributed by atoms with E-state index in [0.29, 0.717) is 17.9 Å². The molecule has 1 heterocycles. The Bertz CT molecular complexity index is 526. The van der Waals surface area contributed by atoms with Crippen LogP contribution in [0.15, 0.2) is 48.8 Å². The Hall–Kier alpha value is -1.74. The summed E-state index contributed by atoms with van der Waals surface area (Å²) in [6.45, 7) is 3.25. The SMILES string of the molecule is CCCNC(c1ccnnc1)C1CC1c1ccccc1. The molecule has 3 atom stereocenters. The largest absolute Gasteiger partial charge is 0.310 e. The summed E-state index contributed by atoms with van der Waals surface area (Å²) in [5, 5.41) is 11.6. The predicted octanol–water partition coefficient (Wildman–Crippen LogP) is 3.32. The molecule has 104 valence electrons. The fraction of sp³-hybridized carbons (Fsp3) is 0.412. The second kappa shape index (κ2) is 6.14. The normalized spacial score (nSPS) is 22.4. The zero-order valence-corrected chi connectivity index (χ0v) is 11.9. The van der Waals surface area contributed by atoms with Gasteiger partial charge in [-0.3, -0.25) is 0 Å². The summed E-state index contributed by atoms with van der Waals surface area (Å²) in [7, 11) is 0. The van der Waals surface area contributed by atoms with Crippen molar-refractivity contribution in [3.8, 4) is 0 Å². The van der Waals surface area contributed by atoms with Gasteiger partial charge in [0.25, 0.3) is 0 Å². The Kier molecular flexibility index (Phi) is 4.07. The molecule has 1 aliphatic carbocycles. The van der Waals surface area contributed by atoms with Gasteiger partial charge < -0.3 is 5.32 Å². The van der Waals surface area contributed by atoms with Crippen LogP contribution in [0.3, 0.4) is 0 Å². The minimum Gasteiger partial charge on any atom is -0.310 e. The van der Waals surface area contributed by atoms with Crippen molar-refractivity contribution in [1.29, 1.82) is 0 Å². The maximum atomic E-state index is 4.03. The molecule has 0 amide bonds. The van der Waals surface area contributed by atoms with Gasteiger partial charge >= 0.3 is 0 Å². The molecule has 1 saturated carbocycles. The first kappa shape index (κ1) is 13.3. The van der Waals surface area contributed by atoms with Crippen molar-refractivity contribution in [2.75, 3.05) is 6.54 Å². The first-order valence-electron chi connectivity index (χ1n) is 7.45. The van der Waals surface area contributed by atoms with E-state index in [4.69, 9.17) is 0 Å². The lowest BCUT2D eigenvalue weighted by Gasteiger charge is -2.18. The van der Waals surface area contributed by atoms with Crippen LogP contribution in [0, 0.1) is 5.92 Å². The number of nitrogens with zero attached hydrogens (tertiary/aromatic N) is 2. The van der Waals surface area contributed by atoms with Gasteiger partial charge in [-0.2, -0.15) is 10.2 Å². The minimum atomic E-state index is 0.399. The van der Waals surface area contributed by atoms with E-state index < -0.39 is 0 Å². The molecule has 0 spiro atoms. The van der Waals surface area contributed by atoms with Crippen molar-refractivity contribution < 1.29 is 0 Å². The quantitative estimate of drug-likeness (QED) is 0.872. The van der Waals surface area contributed by atoms with Crippen molar-refractivity contribution in [2.24, 2.45) is 5.92 Å². The third-order valence-electron chi connectivity index (χ3n) is 4.08. The van der Waals surface area contributed by atoms with Crippen LogP contribution in [0.2, 0.25) is 0 Å². The van der Waals surface area contributed by atoms with Gasteiger partial charge in [0, 0.05) is 12.2 Å². The summed E-state index contributed by atoms with van der Waals surface area (Å²) in [5.41, 5.74) is 2.72. The fourth-order valence-electron chi connectivity index (χ4n) is 2.97. The van der Waals surface area contributed by atoms with Crippen molar-refractivity contribution in [3.63, 3.8) is 0 Å². The maximum absolute atomic E-state index is 4.03.